The number of carbonyl (C=O) groups is 1. The molecule has 5 heteroatoms. The smallest absolute Gasteiger partial charge is 0.233 e. The van der Waals surface area contributed by atoms with Crippen LogP contribution in [0, 0.1) is 0 Å². The molecule has 0 aliphatic carbocycles. The van der Waals surface area contributed by atoms with E-state index in [0.29, 0.717) is 12.5 Å². The number of likely N-dealkylation sites (N-methyl/N-ethyl adjacent to an activating group) is 1. The molecule has 0 rings (SSSR count). The summed E-state index contributed by atoms with van der Waals surface area (Å²) in [6, 6.07) is 0.423. The molecule has 5 nitrogen and oxygen atoms in total. The highest BCUT2D eigenvalue weighted by Gasteiger charge is 2.14. The van der Waals surface area contributed by atoms with Gasteiger partial charge >= 0.3 is 0 Å². The Hall–Kier alpha value is -0.650. The van der Waals surface area contributed by atoms with Gasteiger partial charge in [0.25, 0.3) is 0 Å². The van der Waals surface area contributed by atoms with Gasteiger partial charge in [-0.2, -0.15) is 0 Å². The Kier molecular flexibility index (Phi) is 9.03. The minimum atomic E-state index is -0.0825. The molecule has 0 radical (unpaired) electrons. The van der Waals surface area contributed by atoms with Crippen LogP contribution in [0.5, 0.6) is 0 Å². The molecule has 0 saturated carbocycles. The van der Waals surface area contributed by atoms with Gasteiger partial charge in [0.15, 0.2) is 0 Å². The quantitative estimate of drug-likeness (QED) is 0.350. The number of carbonyl (C=O) groups excluding carboxylic acids is 1. The van der Waals surface area contributed by atoms with Crippen molar-refractivity contribution < 1.29 is 4.79 Å². The third-order valence-corrected chi connectivity index (χ3v) is 2.92. The molecule has 102 valence electrons. The van der Waals surface area contributed by atoms with Gasteiger partial charge in [0.05, 0.1) is 0 Å². The number of hydrogen-bond acceptors (Lipinski definition) is 4. The maximum Gasteiger partial charge on any atom is 0.233 e. The van der Waals surface area contributed by atoms with Crippen molar-refractivity contribution in [1.29, 1.82) is 0 Å². The van der Waals surface area contributed by atoms with Crippen LogP contribution >= 0.6 is 0 Å². The molecule has 1 unspecified atom stereocenters. The molecule has 3 N–H and O–H groups in total. The first-order valence-electron chi connectivity index (χ1n) is 6.39. The van der Waals surface area contributed by atoms with Crippen molar-refractivity contribution in [2.75, 3.05) is 33.7 Å². The fraction of sp³-hybridized carbons (Fsp3) is 0.917. The minimum absolute atomic E-state index is 0.0825. The van der Waals surface area contributed by atoms with Crippen molar-refractivity contribution in [2.45, 2.75) is 39.2 Å². The van der Waals surface area contributed by atoms with Crippen LogP contribution in [0.4, 0.5) is 0 Å². The Morgan fingerprint density at radius 1 is 1.29 bits per heavy atom. The molecule has 0 saturated heterocycles. The van der Waals surface area contributed by atoms with Gasteiger partial charge < -0.3 is 4.90 Å². The van der Waals surface area contributed by atoms with Crippen LogP contribution in [-0.4, -0.2) is 55.5 Å². The maximum absolute atomic E-state index is 11.1. The topological polar surface area (TPSA) is 61.6 Å². The number of nitrogens with one attached hydrogen (secondary N) is 1. The number of amides is 1. The van der Waals surface area contributed by atoms with Gasteiger partial charge in [-0.25, -0.2) is 5.84 Å². The summed E-state index contributed by atoms with van der Waals surface area (Å²) >= 11 is 0. The second-order valence-electron chi connectivity index (χ2n) is 4.79. The second kappa shape index (κ2) is 9.39. The highest BCUT2D eigenvalue weighted by Crippen LogP contribution is 2.07. The molecule has 0 aromatic carbocycles. The van der Waals surface area contributed by atoms with Crippen molar-refractivity contribution >= 4 is 5.91 Å². The van der Waals surface area contributed by atoms with Crippen LogP contribution in [0.3, 0.4) is 0 Å². The summed E-state index contributed by atoms with van der Waals surface area (Å²) in [5, 5.41) is 0. The molecule has 0 aromatic rings. The molecule has 0 aromatic heterocycles. The van der Waals surface area contributed by atoms with Crippen molar-refractivity contribution in [1.82, 2.24) is 15.2 Å². The largest absolute Gasteiger partial charge is 0.308 e. The Labute approximate surface area is 105 Å². The summed E-state index contributed by atoms with van der Waals surface area (Å²) in [6.07, 6.45) is 2.50. The van der Waals surface area contributed by atoms with Gasteiger partial charge in [-0.1, -0.05) is 6.92 Å². The van der Waals surface area contributed by atoms with E-state index < -0.39 is 0 Å². The van der Waals surface area contributed by atoms with Crippen molar-refractivity contribution in [3.8, 4) is 0 Å². The van der Waals surface area contributed by atoms with Gasteiger partial charge in [-0.15, -0.1) is 0 Å². The number of nitrogens with two attached hydrogens (primary N) is 1. The van der Waals surface area contributed by atoms with Gasteiger partial charge in [-0.3, -0.25) is 15.1 Å². The Balaban J connectivity index is 4.04. The van der Waals surface area contributed by atoms with E-state index in [1.165, 1.54) is 0 Å². The lowest BCUT2D eigenvalue weighted by Crippen LogP contribution is -2.39. The third kappa shape index (κ3) is 8.12. The molecule has 1 atom stereocenters. The first-order chi connectivity index (χ1) is 8.01. The average Bonchev–Trinajstić information content (AvgIpc) is 2.30. The summed E-state index contributed by atoms with van der Waals surface area (Å²) < 4.78 is 0. The van der Waals surface area contributed by atoms with Crippen LogP contribution in [-0.2, 0) is 4.79 Å². The Morgan fingerprint density at radius 3 is 2.41 bits per heavy atom. The highest BCUT2D eigenvalue weighted by atomic mass is 16.2. The van der Waals surface area contributed by atoms with E-state index in [-0.39, 0.29) is 5.91 Å². The van der Waals surface area contributed by atoms with Crippen LogP contribution in [0.2, 0.25) is 0 Å². The molecule has 0 fully saturated rings. The number of nitrogens with zero attached hydrogens (tertiary/aromatic N) is 2. The zero-order valence-corrected chi connectivity index (χ0v) is 11.7. The minimum Gasteiger partial charge on any atom is -0.308 e. The zero-order valence-electron chi connectivity index (χ0n) is 11.7. The van der Waals surface area contributed by atoms with Crippen LogP contribution in [0.25, 0.3) is 0 Å². The second-order valence-corrected chi connectivity index (χ2v) is 4.79. The summed E-state index contributed by atoms with van der Waals surface area (Å²) in [6.45, 7) is 7.54. The van der Waals surface area contributed by atoms with Gasteiger partial charge in [-0.05, 0) is 40.4 Å². The first-order valence-corrected chi connectivity index (χ1v) is 6.39. The molecule has 1 amide bonds. The predicted molar refractivity (Wildman–Crippen MR) is 71.4 cm³/mol. The summed E-state index contributed by atoms with van der Waals surface area (Å²) in [7, 11) is 4.16. The van der Waals surface area contributed by atoms with Crippen molar-refractivity contribution in [2.24, 2.45) is 5.84 Å². The lowest BCUT2D eigenvalue weighted by Gasteiger charge is -2.29. The Morgan fingerprint density at radius 2 is 1.94 bits per heavy atom. The average molecular weight is 244 g/mol. The summed E-state index contributed by atoms with van der Waals surface area (Å²) in [5.41, 5.74) is 2.18. The number of rotatable bonds is 9. The lowest BCUT2D eigenvalue weighted by molar-refractivity contribution is -0.121. The van der Waals surface area contributed by atoms with Gasteiger partial charge in [0.1, 0.15) is 0 Å². The standard InChI is InChI=1S/C12H28N4O/c1-5-8-16(10-9-15(3)4)11(2)6-7-12(17)14-13/h11H,5-10,13H2,1-4H3,(H,14,17). The van der Waals surface area contributed by atoms with E-state index in [0.717, 1.165) is 32.5 Å². The first kappa shape index (κ1) is 16.4. The van der Waals surface area contributed by atoms with Crippen molar-refractivity contribution in [3.05, 3.63) is 0 Å². The SMILES string of the molecule is CCCN(CCN(C)C)C(C)CCC(=O)NN. The molecule has 0 spiro atoms. The monoisotopic (exact) mass is 244 g/mol. The summed E-state index contributed by atoms with van der Waals surface area (Å²) in [4.78, 5) is 15.7. The third-order valence-electron chi connectivity index (χ3n) is 2.92. The predicted octanol–water partition coefficient (Wildman–Crippen LogP) is 0.419. The fourth-order valence-corrected chi connectivity index (χ4v) is 1.76. The molecule has 0 aliphatic rings. The van der Waals surface area contributed by atoms with E-state index in [9.17, 15) is 4.79 Å². The van der Waals surface area contributed by atoms with Crippen molar-refractivity contribution in [3.63, 3.8) is 0 Å². The lowest BCUT2D eigenvalue weighted by atomic mass is 10.1. The highest BCUT2D eigenvalue weighted by molar-refractivity contribution is 5.75. The molecule has 17 heavy (non-hydrogen) atoms. The molecule has 0 aliphatic heterocycles. The number of hydrazine groups is 1. The van der Waals surface area contributed by atoms with Crippen LogP contribution in [0.15, 0.2) is 0 Å². The van der Waals surface area contributed by atoms with Crippen LogP contribution in [0.1, 0.15) is 33.1 Å². The zero-order chi connectivity index (χ0) is 13.3. The Bertz CT molecular complexity index is 209. The van der Waals surface area contributed by atoms with E-state index in [4.69, 9.17) is 5.84 Å². The van der Waals surface area contributed by atoms with Gasteiger partial charge in [0.2, 0.25) is 5.91 Å². The maximum atomic E-state index is 11.1. The molecule has 0 heterocycles. The molecule has 0 bridgehead atoms. The molecular weight excluding hydrogens is 216 g/mol. The van der Waals surface area contributed by atoms with E-state index in [1.807, 2.05) is 0 Å². The number of hydrogen-bond donors (Lipinski definition) is 2. The van der Waals surface area contributed by atoms with E-state index >= 15 is 0 Å². The summed E-state index contributed by atoms with van der Waals surface area (Å²) in [5.74, 6) is 4.99. The molecular formula is C12H28N4O. The van der Waals surface area contributed by atoms with E-state index in [1.54, 1.807) is 0 Å². The van der Waals surface area contributed by atoms with Crippen LogP contribution < -0.4 is 11.3 Å². The fourth-order valence-electron chi connectivity index (χ4n) is 1.76. The van der Waals surface area contributed by atoms with Gasteiger partial charge in [0, 0.05) is 25.6 Å². The van der Waals surface area contributed by atoms with E-state index in [2.05, 4.69) is 43.2 Å². The normalized spacial score (nSPS) is 13.1.